The first-order valence-corrected chi connectivity index (χ1v) is 9.44. The number of rotatable bonds is 3. The van der Waals surface area contributed by atoms with E-state index < -0.39 is 6.04 Å². The summed E-state index contributed by atoms with van der Waals surface area (Å²) in [6, 6.07) is 8.86. The predicted octanol–water partition coefficient (Wildman–Crippen LogP) is 2.61. The van der Waals surface area contributed by atoms with Gasteiger partial charge in [-0.2, -0.15) is 0 Å². The van der Waals surface area contributed by atoms with Crippen molar-refractivity contribution in [2.45, 2.75) is 38.6 Å². The molecular weight excluding hydrogens is 350 g/mol. The molecule has 0 radical (unpaired) electrons. The molecule has 1 unspecified atom stereocenters. The van der Waals surface area contributed by atoms with Gasteiger partial charge in [0.25, 0.3) is 0 Å². The van der Waals surface area contributed by atoms with Gasteiger partial charge < -0.3 is 15.5 Å². The third kappa shape index (κ3) is 4.77. The van der Waals surface area contributed by atoms with Crippen molar-refractivity contribution in [2.75, 3.05) is 26.2 Å². The number of piperidine rings is 2. The van der Waals surface area contributed by atoms with Crippen molar-refractivity contribution in [1.29, 1.82) is 0 Å². The van der Waals surface area contributed by atoms with Gasteiger partial charge in [0.05, 0.1) is 0 Å². The number of benzene rings is 1. The van der Waals surface area contributed by atoms with Gasteiger partial charge >= 0.3 is 0 Å². The molecule has 26 heavy (non-hydrogen) atoms. The van der Waals surface area contributed by atoms with E-state index in [2.05, 4.69) is 6.92 Å². The average molecular weight is 380 g/mol. The van der Waals surface area contributed by atoms with Crippen LogP contribution in [-0.4, -0.2) is 47.8 Å². The molecule has 2 heterocycles. The Hall–Kier alpha value is -1.59. The summed E-state index contributed by atoms with van der Waals surface area (Å²) in [6.07, 6.45) is 3.71. The summed E-state index contributed by atoms with van der Waals surface area (Å²) in [5, 5.41) is 0. The number of halogens is 1. The molecule has 2 saturated heterocycles. The van der Waals surface area contributed by atoms with E-state index in [1.54, 1.807) is 0 Å². The lowest BCUT2D eigenvalue weighted by Gasteiger charge is -2.37. The maximum absolute atomic E-state index is 12.7. The molecule has 0 spiro atoms. The van der Waals surface area contributed by atoms with Gasteiger partial charge in [-0.3, -0.25) is 9.59 Å². The fourth-order valence-corrected chi connectivity index (χ4v) is 3.83. The second kappa shape index (κ2) is 9.38. The minimum absolute atomic E-state index is 0. The minimum atomic E-state index is -0.614. The van der Waals surface area contributed by atoms with Gasteiger partial charge in [-0.15, -0.1) is 12.4 Å². The second-order valence-electron chi connectivity index (χ2n) is 7.50. The van der Waals surface area contributed by atoms with Crippen molar-refractivity contribution < 1.29 is 9.59 Å². The molecule has 2 amide bonds. The lowest BCUT2D eigenvalue weighted by Crippen LogP contribution is -2.48. The molecule has 0 saturated carbocycles. The summed E-state index contributed by atoms with van der Waals surface area (Å²) in [6.45, 7) is 5.28. The first-order valence-electron chi connectivity index (χ1n) is 9.44. The van der Waals surface area contributed by atoms with Gasteiger partial charge in [-0.05, 0) is 37.2 Å². The van der Waals surface area contributed by atoms with Crippen LogP contribution in [0, 0.1) is 11.8 Å². The van der Waals surface area contributed by atoms with E-state index in [1.165, 1.54) is 0 Å². The zero-order valence-corrected chi connectivity index (χ0v) is 16.3. The van der Waals surface area contributed by atoms with Crippen LogP contribution in [0.25, 0.3) is 0 Å². The van der Waals surface area contributed by atoms with Crippen LogP contribution in [0.5, 0.6) is 0 Å². The summed E-state index contributed by atoms with van der Waals surface area (Å²) in [5.74, 6) is 1.03. The minimum Gasteiger partial charge on any atom is -0.342 e. The van der Waals surface area contributed by atoms with Gasteiger partial charge in [0.15, 0.2) is 0 Å². The molecular formula is C20H30ClN3O2. The number of likely N-dealkylation sites (tertiary alicyclic amines) is 2. The molecule has 1 aromatic rings. The topological polar surface area (TPSA) is 66.6 Å². The number of carbonyl (C=O) groups is 2. The lowest BCUT2D eigenvalue weighted by atomic mass is 9.92. The standard InChI is InChI=1S/C20H29N3O2.ClH/c1-15-7-11-22(12-8-15)19(24)17-9-13-23(14-10-17)20(25)18(21)16-5-3-2-4-6-16;/h2-6,15,17-18H,7-14,21H2,1H3;1H. The summed E-state index contributed by atoms with van der Waals surface area (Å²) in [4.78, 5) is 29.2. The Labute approximate surface area is 162 Å². The van der Waals surface area contributed by atoms with E-state index in [0.717, 1.165) is 50.3 Å². The molecule has 2 N–H and O–H groups in total. The number of hydrogen-bond donors (Lipinski definition) is 1. The highest BCUT2D eigenvalue weighted by Gasteiger charge is 2.32. The maximum atomic E-state index is 12.7. The van der Waals surface area contributed by atoms with Gasteiger partial charge in [0.2, 0.25) is 11.8 Å². The zero-order chi connectivity index (χ0) is 17.8. The third-order valence-corrected chi connectivity index (χ3v) is 5.68. The fraction of sp³-hybridized carbons (Fsp3) is 0.600. The van der Waals surface area contributed by atoms with Crippen LogP contribution in [0.1, 0.15) is 44.2 Å². The van der Waals surface area contributed by atoms with Crippen molar-refractivity contribution in [2.24, 2.45) is 17.6 Å². The second-order valence-corrected chi connectivity index (χ2v) is 7.50. The zero-order valence-electron chi connectivity index (χ0n) is 15.5. The average Bonchev–Trinajstić information content (AvgIpc) is 2.67. The van der Waals surface area contributed by atoms with Gasteiger partial charge in [0.1, 0.15) is 6.04 Å². The largest absolute Gasteiger partial charge is 0.342 e. The molecule has 3 rings (SSSR count). The van der Waals surface area contributed by atoms with Gasteiger partial charge in [-0.1, -0.05) is 37.3 Å². The van der Waals surface area contributed by atoms with Crippen molar-refractivity contribution >= 4 is 24.2 Å². The smallest absolute Gasteiger partial charge is 0.244 e. The molecule has 2 fully saturated rings. The van der Waals surface area contributed by atoms with Crippen molar-refractivity contribution in [3.05, 3.63) is 35.9 Å². The molecule has 2 aliphatic rings. The molecule has 1 aromatic carbocycles. The van der Waals surface area contributed by atoms with Gasteiger partial charge in [0, 0.05) is 32.1 Å². The third-order valence-electron chi connectivity index (χ3n) is 5.68. The monoisotopic (exact) mass is 379 g/mol. The lowest BCUT2D eigenvalue weighted by molar-refractivity contribution is -0.142. The van der Waals surface area contributed by atoms with Crippen molar-refractivity contribution in [3.63, 3.8) is 0 Å². The normalized spacial score (nSPS) is 20.4. The molecule has 5 nitrogen and oxygen atoms in total. The summed E-state index contributed by atoms with van der Waals surface area (Å²) in [7, 11) is 0. The Morgan fingerprint density at radius 1 is 0.962 bits per heavy atom. The van der Waals surface area contributed by atoms with Gasteiger partial charge in [-0.25, -0.2) is 0 Å². The highest BCUT2D eigenvalue weighted by atomic mass is 35.5. The Morgan fingerprint density at radius 2 is 1.50 bits per heavy atom. The Balaban J connectivity index is 0.00000243. The molecule has 1 atom stereocenters. The number of nitrogens with two attached hydrogens (primary N) is 1. The highest BCUT2D eigenvalue weighted by Crippen LogP contribution is 2.25. The predicted molar refractivity (Wildman–Crippen MR) is 105 cm³/mol. The maximum Gasteiger partial charge on any atom is 0.244 e. The summed E-state index contributed by atoms with van der Waals surface area (Å²) < 4.78 is 0. The fourth-order valence-electron chi connectivity index (χ4n) is 3.83. The number of amides is 2. The van der Waals surface area contributed by atoms with E-state index in [4.69, 9.17) is 5.73 Å². The quantitative estimate of drug-likeness (QED) is 0.877. The van der Waals surface area contributed by atoms with Crippen LogP contribution in [0.4, 0.5) is 0 Å². The van der Waals surface area contributed by atoms with Crippen LogP contribution < -0.4 is 5.73 Å². The molecule has 0 bridgehead atoms. The van der Waals surface area contributed by atoms with E-state index in [9.17, 15) is 9.59 Å². The van der Waals surface area contributed by atoms with E-state index in [1.807, 2.05) is 40.1 Å². The SMILES string of the molecule is CC1CCN(C(=O)C2CCN(C(=O)C(N)c3ccccc3)CC2)CC1.Cl. The van der Waals surface area contributed by atoms with Crippen LogP contribution in [0.2, 0.25) is 0 Å². The number of hydrogen-bond acceptors (Lipinski definition) is 3. The van der Waals surface area contributed by atoms with Crippen LogP contribution in [0.15, 0.2) is 30.3 Å². The summed E-state index contributed by atoms with van der Waals surface area (Å²) >= 11 is 0. The highest BCUT2D eigenvalue weighted by molar-refractivity contribution is 5.85. The van der Waals surface area contributed by atoms with E-state index >= 15 is 0 Å². The molecule has 0 aliphatic carbocycles. The first-order chi connectivity index (χ1) is 12.1. The van der Waals surface area contributed by atoms with Crippen LogP contribution in [0.3, 0.4) is 0 Å². The van der Waals surface area contributed by atoms with Crippen molar-refractivity contribution in [1.82, 2.24) is 9.80 Å². The Morgan fingerprint density at radius 3 is 2.08 bits per heavy atom. The number of nitrogens with zero attached hydrogens (tertiary/aromatic N) is 2. The van der Waals surface area contributed by atoms with E-state index in [-0.39, 0.29) is 30.1 Å². The molecule has 144 valence electrons. The van der Waals surface area contributed by atoms with Crippen LogP contribution >= 0.6 is 12.4 Å². The first kappa shape index (κ1) is 20.7. The Bertz CT molecular complexity index is 594. The summed E-state index contributed by atoms with van der Waals surface area (Å²) in [5.41, 5.74) is 6.97. The van der Waals surface area contributed by atoms with E-state index in [0.29, 0.717) is 13.1 Å². The molecule has 0 aromatic heterocycles. The number of carbonyl (C=O) groups excluding carboxylic acids is 2. The molecule has 2 aliphatic heterocycles. The van der Waals surface area contributed by atoms with Crippen molar-refractivity contribution in [3.8, 4) is 0 Å². The van der Waals surface area contributed by atoms with Crippen LogP contribution in [-0.2, 0) is 9.59 Å². The molecule has 6 heteroatoms. The Kier molecular flexibility index (Phi) is 7.47.